The van der Waals surface area contributed by atoms with Crippen molar-refractivity contribution in [2.45, 2.75) is 18.7 Å². The lowest BCUT2D eigenvalue weighted by atomic mass is 10.2. The highest BCUT2D eigenvalue weighted by atomic mass is 32.2. The molecule has 1 heterocycles. The number of amides is 1. The van der Waals surface area contributed by atoms with E-state index in [9.17, 15) is 13.2 Å². The van der Waals surface area contributed by atoms with Crippen LogP contribution in [0.2, 0.25) is 0 Å². The van der Waals surface area contributed by atoms with Crippen molar-refractivity contribution in [3.63, 3.8) is 0 Å². The van der Waals surface area contributed by atoms with Crippen molar-refractivity contribution in [3.8, 4) is 5.75 Å². The Labute approximate surface area is 178 Å². The lowest BCUT2D eigenvalue weighted by molar-refractivity contribution is -0.131. The highest BCUT2D eigenvalue weighted by Gasteiger charge is 2.30. The van der Waals surface area contributed by atoms with Gasteiger partial charge in [0.05, 0.1) is 17.7 Å². The molecular formula is C22H29N3O4S. The Balaban J connectivity index is 1.88. The summed E-state index contributed by atoms with van der Waals surface area (Å²) in [5, 5.41) is 0. The summed E-state index contributed by atoms with van der Waals surface area (Å²) in [6, 6.07) is 13.4. The van der Waals surface area contributed by atoms with Gasteiger partial charge in [0.1, 0.15) is 12.3 Å². The molecule has 1 amide bonds. The van der Waals surface area contributed by atoms with Crippen LogP contribution in [0.5, 0.6) is 5.75 Å². The summed E-state index contributed by atoms with van der Waals surface area (Å²) < 4.78 is 33.2. The number of piperazine rings is 1. The number of rotatable bonds is 7. The molecule has 162 valence electrons. The van der Waals surface area contributed by atoms with Crippen LogP contribution in [-0.4, -0.2) is 70.5 Å². The minimum absolute atomic E-state index is 0.118. The van der Waals surface area contributed by atoms with Crippen LogP contribution in [0.25, 0.3) is 0 Å². The van der Waals surface area contributed by atoms with Crippen molar-refractivity contribution >= 4 is 21.6 Å². The highest BCUT2D eigenvalue weighted by Crippen LogP contribution is 2.26. The second-order valence-electron chi connectivity index (χ2n) is 7.34. The van der Waals surface area contributed by atoms with Crippen LogP contribution < -0.4 is 9.04 Å². The fourth-order valence-corrected chi connectivity index (χ4v) is 4.85. The summed E-state index contributed by atoms with van der Waals surface area (Å²) in [6.45, 7) is 7.57. The van der Waals surface area contributed by atoms with Crippen molar-refractivity contribution in [2.75, 3.05) is 50.7 Å². The average Bonchev–Trinajstić information content (AvgIpc) is 2.78. The maximum atomic E-state index is 13.4. The fourth-order valence-electron chi connectivity index (χ4n) is 3.44. The Hall–Kier alpha value is -2.58. The molecule has 8 heteroatoms. The second-order valence-corrected chi connectivity index (χ2v) is 9.20. The van der Waals surface area contributed by atoms with Gasteiger partial charge in [0.2, 0.25) is 5.91 Å². The SMILES string of the molecule is CCN1CCN(C(=O)CN(c2ccc(C)cc2)S(=O)(=O)c2ccc(OC)cc2)CC1. The molecule has 1 aliphatic rings. The molecule has 2 aromatic rings. The maximum absolute atomic E-state index is 13.4. The zero-order chi connectivity index (χ0) is 21.7. The van der Waals surface area contributed by atoms with E-state index in [0.29, 0.717) is 24.5 Å². The largest absolute Gasteiger partial charge is 0.497 e. The van der Waals surface area contributed by atoms with E-state index in [1.807, 2.05) is 19.1 Å². The third-order valence-electron chi connectivity index (χ3n) is 5.42. The number of methoxy groups -OCH3 is 1. The number of likely N-dealkylation sites (N-methyl/N-ethyl adjacent to an activating group) is 1. The first-order valence-corrected chi connectivity index (χ1v) is 11.5. The maximum Gasteiger partial charge on any atom is 0.264 e. The Bertz CT molecular complexity index is 951. The van der Waals surface area contributed by atoms with Gasteiger partial charge in [-0.25, -0.2) is 8.42 Å². The highest BCUT2D eigenvalue weighted by molar-refractivity contribution is 7.92. The number of hydrogen-bond donors (Lipinski definition) is 0. The van der Waals surface area contributed by atoms with Gasteiger partial charge in [-0.05, 0) is 49.9 Å². The standard InChI is InChI=1S/C22H29N3O4S/c1-4-23-13-15-24(16-14-23)22(26)17-25(19-7-5-18(2)6-8-19)30(27,28)21-11-9-20(29-3)10-12-21/h5-12H,4,13-17H2,1-3H3. The lowest BCUT2D eigenvalue weighted by Gasteiger charge is -2.35. The minimum Gasteiger partial charge on any atom is -0.497 e. The molecule has 7 nitrogen and oxygen atoms in total. The number of ether oxygens (including phenoxy) is 1. The van der Waals surface area contributed by atoms with E-state index in [2.05, 4.69) is 11.8 Å². The zero-order valence-electron chi connectivity index (χ0n) is 17.7. The molecular weight excluding hydrogens is 402 g/mol. The van der Waals surface area contributed by atoms with Crippen LogP contribution >= 0.6 is 0 Å². The smallest absolute Gasteiger partial charge is 0.264 e. The van der Waals surface area contributed by atoms with Crippen LogP contribution in [0.15, 0.2) is 53.4 Å². The monoisotopic (exact) mass is 431 g/mol. The van der Waals surface area contributed by atoms with Crippen molar-refractivity contribution in [1.29, 1.82) is 0 Å². The van der Waals surface area contributed by atoms with Gasteiger partial charge in [-0.15, -0.1) is 0 Å². The van der Waals surface area contributed by atoms with E-state index >= 15 is 0 Å². The topological polar surface area (TPSA) is 70.2 Å². The first kappa shape index (κ1) is 22.1. The molecule has 0 N–H and O–H groups in total. The quantitative estimate of drug-likeness (QED) is 0.673. The van der Waals surface area contributed by atoms with Crippen LogP contribution in [0.1, 0.15) is 12.5 Å². The van der Waals surface area contributed by atoms with Gasteiger partial charge in [0, 0.05) is 26.2 Å². The Kier molecular flexibility index (Phi) is 6.99. The summed E-state index contributed by atoms with van der Waals surface area (Å²) in [5.74, 6) is 0.379. The minimum atomic E-state index is -3.92. The van der Waals surface area contributed by atoms with Gasteiger partial charge in [0.25, 0.3) is 10.0 Å². The van der Waals surface area contributed by atoms with Crippen molar-refractivity contribution in [1.82, 2.24) is 9.80 Å². The van der Waals surface area contributed by atoms with Gasteiger partial charge in [-0.3, -0.25) is 9.10 Å². The zero-order valence-corrected chi connectivity index (χ0v) is 18.6. The summed E-state index contributed by atoms with van der Waals surface area (Å²) >= 11 is 0. The van der Waals surface area contributed by atoms with E-state index in [1.54, 1.807) is 29.2 Å². The molecule has 3 rings (SSSR count). The number of carbonyl (C=O) groups excluding carboxylic acids is 1. The fraction of sp³-hybridized carbons (Fsp3) is 0.409. The Morgan fingerprint density at radius 2 is 1.60 bits per heavy atom. The summed E-state index contributed by atoms with van der Waals surface area (Å²) in [5.41, 5.74) is 1.49. The molecule has 0 aliphatic carbocycles. The number of sulfonamides is 1. The van der Waals surface area contributed by atoms with E-state index < -0.39 is 10.0 Å². The Morgan fingerprint density at radius 1 is 1.00 bits per heavy atom. The number of nitrogens with zero attached hydrogens (tertiary/aromatic N) is 3. The molecule has 0 radical (unpaired) electrons. The lowest BCUT2D eigenvalue weighted by Crippen LogP contribution is -2.51. The number of anilines is 1. The first-order valence-electron chi connectivity index (χ1n) is 10.1. The third-order valence-corrected chi connectivity index (χ3v) is 7.21. The molecule has 1 aliphatic heterocycles. The number of carbonyl (C=O) groups is 1. The summed E-state index contributed by atoms with van der Waals surface area (Å²) in [6.07, 6.45) is 0. The summed E-state index contributed by atoms with van der Waals surface area (Å²) in [7, 11) is -2.39. The van der Waals surface area contributed by atoms with Crippen molar-refractivity contribution in [2.24, 2.45) is 0 Å². The molecule has 0 aromatic heterocycles. The van der Waals surface area contributed by atoms with Crippen LogP contribution in [0, 0.1) is 6.92 Å². The van der Waals surface area contributed by atoms with Gasteiger partial charge in [-0.1, -0.05) is 24.6 Å². The molecule has 0 spiro atoms. The molecule has 1 fully saturated rings. The second kappa shape index (κ2) is 9.49. The average molecular weight is 432 g/mol. The predicted octanol–water partition coefficient (Wildman–Crippen LogP) is 2.36. The van der Waals surface area contributed by atoms with Gasteiger partial charge >= 0.3 is 0 Å². The number of benzene rings is 2. The normalized spacial score (nSPS) is 15.1. The van der Waals surface area contributed by atoms with Gasteiger partial charge in [-0.2, -0.15) is 0 Å². The van der Waals surface area contributed by atoms with Gasteiger partial charge in [0.15, 0.2) is 0 Å². The summed E-state index contributed by atoms with van der Waals surface area (Å²) in [4.78, 5) is 17.1. The van der Waals surface area contributed by atoms with Crippen LogP contribution in [0.3, 0.4) is 0 Å². The van der Waals surface area contributed by atoms with Crippen molar-refractivity contribution in [3.05, 3.63) is 54.1 Å². The van der Waals surface area contributed by atoms with Gasteiger partial charge < -0.3 is 14.5 Å². The molecule has 0 unspecified atom stereocenters. The van der Waals surface area contributed by atoms with E-state index in [0.717, 1.165) is 25.2 Å². The first-order chi connectivity index (χ1) is 14.3. The molecule has 0 atom stereocenters. The number of hydrogen-bond acceptors (Lipinski definition) is 5. The Morgan fingerprint density at radius 3 is 2.13 bits per heavy atom. The molecule has 30 heavy (non-hydrogen) atoms. The third kappa shape index (κ3) is 4.94. The van der Waals surface area contributed by atoms with E-state index in [4.69, 9.17) is 4.74 Å². The molecule has 0 bridgehead atoms. The predicted molar refractivity (Wildman–Crippen MR) is 117 cm³/mol. The molecule has 0 saturated carbocycles. The molecule has 2 aromatic carbocycles. The number of aryl methyl sites for hydroxylation is 1. The van der Waals surface area contributed by atoms with Crippen LogP contribution in [-0.2, 0) is 14.8 Å². The molecule has 1 saturated heterocycles. The van der Waals surface area contributed by atoms with Crippen molar-refractivity contribution < 1.29 is 17.9 Å². The van der Waals surface area contributed by atoms with E-state index in [1.165, 1.54) is 23.5 Å². The van der Waals surface area contributed by atoms with Crippen LogP contribution in [0.4, 0.5) is 5.69 Å². The van der Waals surface area contributed by atoms with E-state index in [-0.39, 0.29) is 17.3 Å².